The second kappa shape index (κ2) is 6.17. The fourth-order valence-electron chi connectivity index (χ4n) is 2.17. The number of rotatable bonds is 6. The zero-order valence-corrected chi connectivity index (χ0v) is 12.1. The number of imidazole rings is 1. The fourth-order valence-corrected chi connectivity index (χ4v) is 2.17. The third-order valence-electron chi connectivity index (χ3n) is 3.71. The summed E-state index contributed by atoms with van der Waals surface area (Å²) >= 11 is 0. The van der Waals surface area contributed by atoms with Crippen molar-refractivity contribution in [3.05, 3.63) is 29.6 Å². The summed E-state index contributed by atoms with van der Waals surface area (Å²) in [4.78, 5) is 4.56. The molecule has 19 heavy (non-hydrogen) atoms. The molecule has 4 nitrogen and oxygen atoms in total. The molecule has 0 saturated carbocycles. The van der Waals surface area contributed by atoms with Crippen LogP contribution in [0.3, 0.4) is 0 Å². The van der Waals surface area contributed by atoms with E-state index in [1.54, 1.807) is 0 Å². The lowest BCUT2D eigenvalue weighted by Crippen LogP contribution is -2.20. The van der Waals surface area contributed by atoms with Gasteiger partial charge in [0.15, 0.2) is 0 Å². The van der Waals surface area contributed by atoms with Gasteiger partial charge in [-0.25, -0.2) is 4.98 Å². The lowest BCUT2D eigenvalue weighted by Gasteiger charge is -2.09. The van der Waals surface area contributed by atoms with Crippen LogP contribution in [0.1, 0.15) is 24.7 Å². The van der Waals surface area contributed by atoms with E-state index in [1.807, 2.05) is 6.92 Å². The van der Waals surface area contributed by atoms with Crippen LogP contribution in [0.15, 0.2) is 18.2 Å². The molecule has 0 amide bonds. The van der Waals surface area contributed by atoms with Gasteiger partial charge in [0.2, 0.25) is 0 Å². The van der Waals surface area contributed by atoms with Crippen molar-refractivity contribution in [2.45, 2.75) is 26.8 Å². The minimum Gasteiger partial charge on any atom is -0.331 e. The summed E-state index contributed by atoms with van der Waals surface area (Å²) in [5.41, 5.74) is 9.16. The lowest BCUT2D eigenvalue weighted by molar-refractivity contribution is 0.509. The van der Waals surface area contributed by atoms with Gasteiger partial charge in [-0.05, 0) is 50.0 Å². The summed E-state index contributed by atoms with van der Waals surface area (Å²) in [7, 11) is 2.05. The lowest BCUT2D eigenvalue weighted by atomic mass is 10.1. The zero-order valence-electron chi connectivity index (χ0n) is 12.1. The second-order valence-electron chi connectivity index (χ2n) is 5.35. The van der Waals surface area contributed by atoms with Gasteiger partial charge in [0.05, 0.1) is 11.0 Å². The maximum absolute atomic E-state index is 5.61. The molecule has 0 aliphatic rings. The average molecular weight is 260 g/mol. The molecule has 0 aliphatic carbocycles. The molecule has 0 aliphatic heterocycles. The van der Waals surface area contributed by atoms with E-state index in [2.05, 4.69) is 47.0 Å². The summed E-state index contributed by atoms with van der Waals surface area (Å²) in [6.45, 7) is 6.89. The molecule has 0 spiro atoms. The van der Waals surface area contributed by atoms with Crippen LogP contribution in [0.25, 0.3) is 11.0 Å². The molecule has 1 heterocycles. The Balaban J connectivity index is 1.94. The van der Waals surface area contributed by atoms with Gasteiger partial charge >= 0.3 is 0 Å². The van der Waals surface area contributed by atoms with Gasteiger partial charge in [-0.1, -0.05) is 13.0 Å². The van der Waals surface area contributed by atoms with E-state index in [0.717, 1.165) is 37.4 Å². The summed E-state index contributed by atoms with van der Waals surface area (Å²) in [6.07, 6.45) is 1.13. The topological polar surface area (TPSA) is 55.9 Å². The van der Waals surface area contributed by atoms with Crippen LogP contribution < -0.4 is 11.1 Å². The molecule has 4 heteroatoms. The molecule has 0 radical (unpaired) electrons. The SMILES string of the molecule is Cc1nc2cc(CNCCC(C)CN)ccc2n1C. The van der Waals surface area contributed by atoms with Crippen LogP contribution in [0, 0.1) is 12.8 Å². The highest BCUT2D eigenvalue weighted by atomic mass is 15.0. The van der Waals surface area contributed by atoms with E-state index >= 15 is 0 Å². The van der Waals surface area contributed by atoms with Crippen LogP contribution in [-0.2, 0) is 13.6 Å². The van der Waals surface area contributed by atoms with E-state index in [-0.39, 0.29) is 0 Å². The van der Waals surface area contributed by atoms with Crippen LogP contribution >= 0.6 is 0 Å². The number of aryl methyl sites for hydroxylation is 2. The Kier molecular flexibility index (Phi) is 4.56. The highest BCUT2D eigenvalue weighted by Crippen LogP contribution is 2.16. The first-order valence-electron chi connectivity index (χ1n) is 6.94. The number of nitrogens with one attached hydrogen (secondary N) is 1. The van der Waals surface area contributed by atoms with Gasteiger partial charge in [0.1, 0.15) is 5.82 Å². The molecule has 3 N–H and O–H groups in total. The highest BCUT2D eigenvalue weighted by Gasteiger charge is 2.04. The maximum Gasteiger partial charge on any atom is 0.106 e. The normalized spacial score (nSPS) is 13.1. The Hall–Kier alpha value is -1.39. The van der Waals surface area contributed by atoms with E-state index < -0.39 is 0 Å². The first-order valence-corrected chi connectivity index (χ1v) is 6.94. The Morgan fingerprint density at radius 3 is 2.95 bits per heavy atom. The van der Waals surface area contributed by atoms with Crippen molar-refractivity contribution in [2.24, 2.45) is 18.7 Å². The van der Waals surface area contributed by atoms with Crippen LogP contribution in [0.2, 0.25) is 0 Å². The largest absolute Gasteiger partial charge is 0.331 e. The van der Waals surface area contributed by atoms with Crippen molar-refractivity contribution in [1.29, 1.82) is 0 Å². The predicted molar refractivity (Wildman–Crippen MR) is 80.0 cm³/mol. The number of nitrogens with zero attached hydrogens (tertiary/aromatic N) is 2. The Labute approximate surface area is 115 Å². The minimum absolute atomic E-state index is 0.591. The molecule has 0 bridgehead atoms. The van der Waals surface area contributed by atoms with Crippen molar-refractivity contribution in [3.63, 3.8) is 0 Å². The van der Waals surface area contributed by atoms with Gasteiger partial charge in [0.25, 0.3) is 0 Å². The van der Waals surface area contributed by atoms with Gasteiger partial charge in [-0.2, -0.15) is 0 Å². The molecule has 1 aromatic heterocycles. The van der Waals surface area contributed by atoms with Crippen molar-refractivity contribution in [1.82, 2.24) is 14.9 Å². The van der Waals surface area contributed by atoms with Crippen molar-refractivity contribution in [3.8, 4) is 0 Å². The predicted octanol–water partition coefficient (Wildman–Crippen LogP) is 1.96. The number of hydrogen-bond donors (Lipinski definition) is 2. The Bertz CT molecular complexity index is 544. The third-order valence-corrected chi connectivity index (χ3v) is 3.71. The smallest absolute Gasteiger partial charge is 0.106 e. The molecule has 1 unspecified atom stereocenters. The molecule has 2 rings (SSSR count). The molecule has 104 valence electrons. The fraction of sp³-hybridized carbons (Fsp3) is 0.533. The highest BCUT2D eigenvalue weighted by molar-refractivity contribution is 5.76. The molecular formula is C15H24N4. The number of fused-ring (bicyclic) bond motifs is 1. The summed E-state index contributed by atoms with van der Waals surface area (Å²) in [5, 5.41) is 3.46. The van der Waals surface area contributed by atoms with Gasteiger partial charge in [0, 0.05) is 13.6 Å². The maximum atomic E-state index is 5.61. The molecule has 2 aromatic rings. The quantitative estimate of drug-likeness (QED) is 0.781. The second-order valence-corrected chi connectivity index (χ2v) is 5.35. The standard InChI is InChI=1S/C15H24N4/c1-11(9-16)6-7-17-10-13-4-5-15-14(8-13)18-12(2)19(15)3/h4-5,8,11,17H,6-7,9-10,16H2,1-3H3. The number of benzene rings is 1. The van der Waals surface area contributed by atoms with E-state index in [4.69, 9.17) is 5.73 Å². The third kappa shape index (κ3) is 3.33. The number of aromatic nitrogens is 2. The Morgan fingerprint density at radius 2 is 2.21 bits per heavy atom. The van der Waals surface area contributed by atoms with Gasteiger partial charge in [-0.15, -0.1) is 0 Å². The molecular weight excluding hydrogens is 236 g/mol. The van der Waals surface area contributed by atoms with Crippen molar-refractivity contribution in [2.75, 3.05) is 13.1 Å². The summed E-state index contributed by atoms with van der Waals surface area (Å²) < 4.78 is 2.12. The zero-order chi connectivity index (χ0) is 13.8. The van der Waals surface area contributed by atoms with Crippen LogP contribution in [0.5, 0.6) is 0 Å². The molecule has 1 atom stereocenters. The molecule has 0 fully saturated rings. The van der Waals surface area contributed by atoms with E-state index in [1.165, 1.54) is 11.1 Å². The van der Waals surface area contributed by atoms with Crippen LogP contribution in [0.4, 0.5) is 0 Å². The number of nitrogens with two attached hydrogens (primary N) is 1. The summed E-state index contributed by atoms with van der Waals surface area (Å²) in [6, 6.07) is 6.49. The molecule has 0 saturated heterocycles. The van der Waals surface area contributed by atoms with Gasteiger partial charge in [-0.3, -0.25) is 0 Å². The van der Waals surface area contributed by atoms with E-state index in [9.17, 15) is 0 Å². The Morgan fingerprint density at radius 1 is 1.42 bits per heavy atom. The van der Waals surface area contributed by atoms with Crippen LogP contribution in [-0.4, -0.2) is 22.6 Å². The average Bonchev–Trinajstić information content (AvgIpc) is 2.69. The monoisotopic (exact) mass is 260 g/mol. The minimum atomic E-state index is 0.591. The van der Waals surface area contributed by atoms with Crippen molar-refractivity contribution < 1.29 is 0 Å². The van der Waals surface area contributed by atoms with E-state index in [0.29, 0.717) is 5.92 Å². The van der Waals surface area contributed by atoms with Gasteiger partial charge < -0.3 is 15.6 Å². The first-order chi connectivity index (χ1) is 9.11. The molecule has 1 aromatic carbocycles. The first kappa shape index (κ1) is 14.0. The van der Waals surface area contributed by atoms with Crippen molar-refractivity contribution >= 4 is 11.0 Å². The summed E-state index contributed by atoms with van der Waals surface area (Å²) in [5.74, 6) is 1.64. The number of hydrogen-bond acceptors (Lipinski definition) is 3.